The monoisotopic (exact) mass is 290 g/mol. The number of rotatable bonds is 7. The number of aliphatic hydroxyl groups excluding tert-OH is 1. The number of aromatic nitrogens is 2. The summed E-state index contributed by atoms with van der Waals surface area (Å²) in [5.41, 5.74) is 0.816. The van der Waals surface area contributed by atoms with Gasteiger partial charge in [0.25, 0.3) is 0 Å². The first-order valence-corrected chi connectivity index (χ1v) is 6.97. The van der Waals surface area contributed by atoms with E-state index in [1.807, 2.05) is 6.07 Å². The molecule has 0 spiro atoms. The third-order valence-electron chi connectivity index (χ3n) is 3.22. The van der Waals surface area contributed by atoms with Crippen molar-refractivity contribution in [2.75, 3.05) is 5.32 Å². The molecule has 7 nitrogen and oxygen atoms in total. The summed E-state index contributed by atoms with van der Waals surface area (Å²) < 4.78 is 6.97. The van der Waals surface area contributed by atoms with Crippen molar-refractivity contribution in [3.8, 4) is 0 Å². The van der Waals surface area contributed by atoms with Crippen molar-refractivity contribution in [1.82, 2.24) is 15.1 Å². The summed E-state index contributed by atoms with van der Waals surface area (Å²) in [7, 11) is 0. The Bertz CT molecular complexity index is 615. The number of carbonyl (C=O) groups excluding carboxylic acids is 1. The fraction of sp³-hybridized carbons (Fsp3) is 0.429. The van der Waals surface area contributed by atoms with E-state index in [2.05, 4.69) is 15.7 Å². The summed E-state index contributed by atoms with van der Waals surface area (Å²) in [6.45, 7) is 0.627. The summed E-state index contributed by atoms with van der Waals surface area (Å²) in [6, 6.07) is 3.92. The Morgan fingerprint density at radius 1 is 1.43 bits per heavy atom. The molecule has 0 radical (unpaired) electrons. The smallest absolute Gasteiger partial charge is 0.241 e. The van der Waals surface area contributed by atoms with Gasteiger partial charge in [0, 0.05) is 12.2 Å². The van der Waals surface area contributed by atoms with Crippen LogP contribution in [0.15, 0.2) is 28.9 Å². The number of hydrogen-bond donors (Lipinski definition) is 3. The second-order valence-corrected chi connectivity index (χ2v) is 5.15. The minimum absolute atomic E-state index is 0.00854. The highest BCUT2D eigenvalue weighted by molar-refractivity contribution is 5.76. The van der Waals surface area contributed by atoms with Gasteiger partial charge in [-0.3, -0.25) is 9.48 Å². The molecule has 0 aliphatic heterocycles. The second-order valence-electron chi connectivity index (χ2n) is 5.15. The highest BCUT2D eigenvalue weighted by Crippen LogP contribution is 2.18. The Labute approximate surface area is 121 Å². The lowest BCUT2D eigenvalue weighted by Gasteiger charge is -2.03. The third kappa shape index (κ3) is 3.85. The van der Waals surface area contributed by atoms with Crippen molar-refractivity contribution in [2.45, 2.75) is 38.6 Å². The number of amides is 1. The van der Waals surface area contributed by atoms with Crippen molar-refractivity contribution in [3.63, 3.8) is 0 Å². The van der Waals surface area contributed by atoms with Crippen molar-refractivity contribution in [2.24, 2.45) is 0 Å². The normalized spacial score (nSPS) is 14.1. The standard InChI is InChI=1S/C14H18N4O3/c19-9-13-4-3-12(21-13)6-15-11-5-16-18(7-11)8-14(20)17-10-1-2-10/h3-5,7,10,15,19H,1-2,6,8-9H2,(H,17,20). The van der Waals surface area contributed by atoms with Crippen LogP contribution in [0.3, 0.4) is 0 Å². The molecule has 3 N–H and O–H groups in total. The molecule has 112 valence electrons. The van der Waals surface area contributed by atoms with Gasteiger partial charge in [0.2, 0.25) is 5.91 Å². The van der Waals surface area contributed by atoms with Crippen LogP contribution >= 0.6 is 0 Å². The van der Waals surface area contributed by atoms with Crippen LogP contribution in [0, 0.1) is 0 Å². The zero-order valence-corrected chi connectivity index (χ0v) is 11.6. The van der Waals surface area contributed by atoms with E-state index < -0.39 is 0 Å². The minimum atomic E-state index is -0.103. The van der Waals surface area contributed by atoms with Crippen LogP contribution in [-0.2, 0) is 24.5 Å². The molecule has 3 rings (SSSR count). The third-order valence-corrected chi connectivity index (χ3v) is 3.22. The maximum atomic E-state index is 11.7. The molecule has 1 amide bonds. The molecule has 1 aliphatic carbocycles. The van der Waals surface area contributed by atoms with Gasteiger partial charge in [-0.25, -0.2) is 0 Å². The van der Waals surface area contributed by atoms with Crippen LogP contribution < -0.4 is 10.6 Å². The SMILES string of the molecule is O=C(Cn1cc(NCc2ccc(CO)o2)cn1)NC1CC1. The number of aliphatic hydroxyl groups is 1. The second kappa shape index (κ2) is 6.01. The van der Waals surface area contributed by atoms with Crippen LogP contribution in [-0.4, -0.2) is 26.8 Å². The van der Waals surface area contributed by atoms with Gasteiger partial charge in [-0.15, -0.1) is 0 Å². The molecule has 2 heterocycles. The average Bonchev–Trinajstić information content (AvgIpc) is 3.00. The first kappa shape index (κ1) is 13.7. The first-order chi connectivity index (χ1) is 10.2. The molecule has 0 saturated heterocycles. The predicted molar refractivity (Wildman–Crippen MR) is 75.3 cm³/mol. The molecule has 0 aromatic carbocycles. The van der Waals surface area contributed by atoms with Crippen LogP contribution in [0.25, 0.3) is 0 Å². The number of hydrogen-bond acceptors (Lipinski definition) is 5. The molecular formula is C14H18N4O3. The van der Waals surface area contributed by atoms with Crippen LogP contribution in [0.1, 0.15) is 24.4 Å². The lowest BCUT2D eigenvalue weighted by atomic mass is 10.4. The molecule has 21 heavy (non-hydrogen) atoms. The Balaban J connectivity index is 1.48. The van der Waals surface area contributed by atoms with Crippen molar-refractivity contribution in [1.29, 1.82) is 0 Å². The summed E-state index contributed by atoms with van der Waals surface area (Å²) in [5, 5.41) is 19.1. The van der Waals surface area contributed by atoms with Gasteiger partial charge in [-0.05, 0) is 25.0 Å². The van der Waals surface area contributed by atoms with Gasteiger partial charge in [0.1, 0.15) is 24.7 Å². The molecule has 1 aliphatic rings. The number of nitrogens with one attached hydrogen (secondary N) is 2. The minimum Gasteiger partial charge on any atom is -0.462 e. The topological polar surface area (TPSA) is 92.3 Å². The Morgan fingerprint density at radius 2 is 2.24 bits per heavy atom. The lowest BCUT2D eigenvalue weighted by Crippen LogP contribution is -2.29. The Morgan fingerprint density at radius 3 is 2.95 bits per heavy atom. The van der Waals surface area contributed by atoms with E-state index in [0.717, 1.165) is 24.3 Å². The largest absolute Gasteiger partial charge is 0.462 e. The Kier molecular flexibility index (Phi) is 3.92. The van der Waals surface area contributed by atoms with Crippen molar-refractivity contribution in [3.05, 3.63) is 36.0 Å². The molecular weight excluding hydrogens is 272 g/mol. The summed E-state index contributed by atoms with van der Waals surface area (Å²) in [5.74, 6) is 1.27. The highest BCUT2D eigenvalue weighted by atomic mass is 16.4. The van der Waals surface area contributed by atoms with Gasteiger partial charge in [0.15, 0.2) is 0 Å². The maximum absolute atomic E-state index is 11.7. The number of carbonyl (C=O) groups is 1. The molecule has 0 bridgehead atoms. The molecule has 2 aromatic rings. The Hall–Kier alpha value is -2.28. The van der Waals surface area contributed by atoms with Crippen LogP contribution in [0.4, 0.5) is 5.69 Å². The van der Waals surface area contributed by atoms with Gasteiger partial charge >= 0.3 is 0 Å². The van der Waals surface area contributed by atoms with Gasteiger partial charge in [-0.1, -0.05) is 0 Å². The number of nitrogens with zero attached hydrogens (tertiary/aromatic N) is 2. The average molecular weight is 290 g/mol. The van der Waals surface area contributed by atoms with E-state index in [9.17, 15) is 4.79 Å². The summed E-state index contributed by atoms with van der Waals surface area (Å²) in [4.78, 5) is 11.7. The van der Waals surface area contributed by atoms with E-state index >= 15 is 0 Å². The summed E-state index contributed by atoms with van der Waals surface area (Å²) >= 11 is 0. The highest BCUT2D eigenvalue weighted by Gasteiger charge is 2.23. The van der Waals surface area contributed by atoms with Gasteiger partial charge in [0.05, 0.1) is 18.4 Å². The fourth-order valence-corrected chi connectivity index (χ4v) is 1.98. The van der Waals surface area contributed by atoms with Crippen LogP contribution in [0.2, 0.25) is 0 Å². The fourth-order valence-electron chi connectivity index (χ4n) is 1.98. The van der Waals surface area contributed by atoms with Crippen LogP contribution in [0.5, 0.6) is 0 Å². The molecule has 0 unspecified atom stereocenters. The quantitative estimate of drug-likeness (QED) is 0.703. The zero-order valence-electron chi connectivity index (χ0n) is 11.6. The number of furan rings is 1. The molecule has 1 saturated carbocycles. The number of anilines is 1. The van der Waals surface area contributed by atoms with E-state index in [0.29, 0.717) is 18.3 Å². The van der Waals surface area contributed by atoms with E-state index in [-0.39, 0.29) is 19.1 Å². The van der Waals surface area contributed by atoms with E-state index in [1.165, 1.54) is 0 Å². The molecule has 1 fully saturated rings. The molecule has 0 atom stereocenters. The van der Waals surface area contributed by atoms with Gasteiger partial charge < -0.3 is 20.2 Å². The maximum Gasteiger partial charge on any atom is 0.241 e. The van der Waals surface area contributed by atoms with Crippen molar-refractivity contribution < 1.29 is 14.3 Å². The first-order valence-electron chi connectivity index (χ1n) is 6.97. The van der Waals surface area contributed by atoms with E-state index in [1.54, 1.807) is 23.1 Å². The lowest BCUT2D eigenvalue weighted by molar-refractivity contribution is -0.122. The zero-order chi connectivity index (χ0) is 14.7. The molecule has 2 aromatic heterocycles. The summed E-state index contributed by atoms with van der Waals surface area (Å²) in [6.07, 6.45) is 5.61. The van der Waals surface area contributed by atoms with Crippen molar-refractivity contribution >= 4 is 11.6 Å². The molecule has 7 heteroatoms. The predicted octanol–water partition coefficient (Wildman–Crippen LogP) is 0.859. The van der Waals surface area contributed by atoms with E-state index in [4.69, 9.17) is 9.52 Å². The van der Waals surface area contributed by atoms with Gasteiger partial charge in [-0.2, -0.15) is 5.10 Å².